The summed E-state index contributed by atoms with van der Waals surface area (Å²) in [6.45, 7) is 0.541. The van der Waals surface area contributed by atoms with E-state index in [0.717, 1.165) is 0 Å². The topological polar surface area (TPSA) is 43.9 Å². The Balaban J connectivity index is 3.93. The van der Waals surface area contributed by atoms with Gasteiger partial charge in [0, 0.05) is 28.2 Å². The van der Waals surface area contributed by atoms with Crippen molar-refractivity contribution >= 4 is 11.8 Å². The highest BCUT2D eigenvalue weighted by molar-refractivity contribution is 5.80. The average Bonchev–Trinajstić information content (AvgIpc) is 2.03. The first kappa shape index (κ1) is 12.9. The summed E-state index contributed by atoms with van der Waals surface area (Å²) in [5.41, 5.74) is 0. The third kappa shape index (κ3) is 4.81. The summed E-state index contributed by atoms with van der Waals surface area (Å²) < 4.78 is 0. The minimum atomic E-state index is -0.000874. The molecule has 0 aliphatic carbocycles. The quantitative estimate of drug-likeness (QED) is 0.592. The minimum Gasteiger partial charge on any atom is -0.348 e. The van der Waals surface area contributed by atoms with Crippen molar-refractivity contribution < 1.29 is 9.59 Å². The van der Waals surface area contributed by atoms with Crippen LogP contribution in [-0.2, 0) is 9.59 Å². The van der Waals surface area contributed by atoms with E-state index in [4.69, 9.17) is 0 Å². The van der Waals surface area contributed by atoms with E-state index >= 15 is 0 Å². The normalized spacial score (nSPS) is 10.1. The van der Waals surface area contributed by atoms with Crippen LogP contribution in [0.3, 0.4) is 0 Å². The van der Waals surface area contributed by atoms with E-state index in [2.05, 4.69) is 0 Å². The highest BCUT2D eigenvalue weighted by Crippen LogP contribution is 1.88. The lowest BCUT2D eigenvalue weighted by atomic mass is 10.4. The molecule has 5 heteroatoms. The van der Waals surface area contributed by atoms with Crippen LogP contribution in [0.4, 0.5) is 0 Å². The molecule has 5 nitrogen and oxygen atoms in total. The summed E-state index contributed by atoms with van der Waals surface area (Å²) in [6.07, 6.45) is 0. The van der Waals surface area contributed by atoms with Gasteiger partial charge in [-0.25, -0.2) is 0 Å². The molecule has 0 atom stereocenters. The van der Waals surface area contributed by atoms with Crippen molar-refractivity contribution in [3.63, 3.8) is 0 Å². The van der Waals surface area contributed by atoms with Gasteiger partial charge in [-0.3, -0.25) is 14.5 Å². The molecule has 0 saturated carbocycles. The van der Waals surface area contributed by atoms with Gasteiger partial charge in [0.1, 0.15) is 0 Å². The van der Waals surface area contributed by atoms with Crippen molar-refractivity contribution in [2.24, 2.45) is 0 Å². The predicted molar refractivity (Wildman–Crippen MR) is 54.9 cm³/mol. The molecule has 0 heterocycles. The number of hydrogen-bond donors (Lipinski definition) is 0. The summed E-state index contributed by atoms with van der Waals surface area (Å²) in [4.78, 5) is 27.2. The maximum Gasteiger partial charge on any atom is 0.236 e. The zero-order valence-corrected chi connectivity index (χ0v) is 9.57. The van der Waals surface area contributed by atoms with Gasteiger partial charge in [0.2, 0.25) is 11.8 Å². The Hall–Kier alpha value is -1.10. The van der Waals surface area contributed by atoms with Gasteiger partial charge in [0.05, 0.1) is 13.1 Å². The summed E-state index contributed by atoms with van der Waals surface area (Å²) in [5.74, 6) is -0.00175. The molecule has 0 aromatic carbocycles. The van der Waals surface area contributed by atoms with Gasteiger partial charge in [-0.2, -0.15) is 0 Å². The first-order chi connectivity index (χ1) is 6.34. The molecule has 0 aliphatic heterocycles. The molecule has 0 fully saturated rings. The molecule has 0 spiro atoms. The fourth-order valence-electron chi connectivity index (χ4n) is 0.801. The van der Waals surface area contributed by atoms with Crippen LogP contribution in [0.25, 0.3) is 0 Å². The van der Waals surface area contributed by atoms with E-state index in [1.165, 1.54) is 9.80 Å². The van der Waals surface area contributed by atoms with Gasteiger partial charge in [-0.15, -0.1) is 0 Å². The summed E-state index contributed by atoms with van der Waals surface area (Å²) >= 11 is 0. The molecule has 0 radical (unpaired) electrons. The Morgan fingerprint density at radius 2 is 1.07 bits per heavy atom. The van der Waals surface area contributed by atoms with Crippen molar-refractivity contribution in [3.8, 4) is 0 Å². The molecule has 0 N–H and O–H groups in total. The Kier molecular flexibility index (Phi) is 5.15. The lowest BCUT2D eigenvalue weighted by Gasteiger charge is -2.20. The first-order valence-corrected chi connectivity index (χ1v) is 4.43. The number of hydrogen-bond acceptors (Lipinski definition) is 3. The molecule has 0 bridgehead atoms. The molecule has 2 amide bonds. The van der Waals surface area contributed by atoms with E-state index in [1.807, 2.05) is 0 Å². The van der Waals surface area contributed by atoms with E-state index in [1.54, 1.807) is 40.1 Å². The lowest BCUT2D eigenvalue weighted by Crippen LogP contribution is -2.40. The highest BCUT2D eigenvalue weighted by atomic mass is 16.2. The maximum absolute atomic E-state index is 11.3. The van der Waals surface area contributed by atoms with Crippen molar-refractivity contribution in [3.05, 3.63) is 0 Å². The average molecular weight is 201 g/mol. The van der Waals surface area contributed by atoms with Crippen LogP contribution < -0.4 is 0 Å². The van der Waals surface area contributed by atoms with Gasteiger partial charge in [-0.1, -0.05) is 0 Å². The Morgan fingerprint density at radius 1 is 0.786 bits per heavy atom. The molecule has 0 aromatic heterocycles. The molecule has 0 rings (SSSR count). The second kappa shape index (κ2) is 5.59. The molecule has 0 aliphatic rings. The fraction of sp³-hybridized carbons (Fsp3) is 0.778. The van der Waals surface area contributed by atoms with Crippen LogP contribution in [0.5, 0.6) is 0 Å². The van der Waals surface area contributed by atoms with E-state index < -0.39 is 0 Å². The van der Waals surface area contributed by atoms with Crippen LogP contribution in [0.15, 0.2) is 0 Å². The van der Waals surface area contributed by atoms with Gasteiger partial charge >= 0.3 is 0 Å². The van der Waals surface area contributed by atoms with Crippen molar-refractivity contribution in [1.82, 2.24) is 14.7 Å². The molecule has 0 aromatic rings. The third-order valence-electron chi connectivity index (χ3n) is 1.81. The first-order valence-electron chi connectivity index (χ1n) is 4.43. The zero-order valence-electron chi connectivity index (χ0n) is 9.57. The second-order valence-corrected chi connectivity index (χ2v) is 3.75. The number of carbonyl (C=O) groups excluding carboxylic acids is 2. The van der Waals surface area contributed by atoms with Crippen LogP contribution in [0.2, 0.25) is 0 Å². The maximum atomic E-state index is 11.3. The highest BCUT2D eigenvalue weighted by Gasteiger charge is 2.12. The molecular formula is C9H19N3O2. The Labute approximate surface area is 85.3 Å². The molecule has 0 unspecified atom stereocenters. The van der Waals surface area contributed by atoms with E-state index in [-0.39, 0.29) is 24.9 Å². The third-order valence-corrected chi connectivity index (χ3v) is 1.81. The number of rotatable bonds is 4. The van der Waals surface area contributed by atoms with E-state index in [0.29, 0.717) is 0 Å². The van der Waals surface area contributed by atoms with Gasteiger partial charge in [0.25, 0.3) is 0 Å². The standard InChI is InChI=1S/C9H19N3O2/c1-10(2)8(13)6-12(5)7-9(14)11(3)4/h6-7H2,1-5H3. The molecule has 82 valence electrons. The number of amides is 2. The Bertz CT molecular complexity index is 192. The van der Waals surface area contributed by atoms with Crippen LogP contribution >= 0.6 is 0 Å². The monoisotopic (exact) mass is 201 g/mol. The van der Waals surface area contributed by atoms with Crippen LogP contribution in [0, 0.1) is 0 Å². The molecule has 14 heavy (non-hydrogen) atoms. The largest absolute Gasteiger partial charge is 0.348 e. The zero-order chi connectivity index (χ0) is 11.3. The van der Waals surface area contributed by atoms with E-state index in [9.17, 15) is 9.59 Å². The summed E-state index contributed by atoms with van der Waals surface area (Å²) in [7, 11) is 8.55. The van der Waals surface area contributed by atoms with Gasteiger partial charge in [-0.05, 0) is 7.05 Å². The fourth-order valence-corrected chi connectivity index (χ4v) is 0.801. The van der Waals surface area contributed by atoms with Crippen LogP contribution in [0.1, 0.15) is 0 Å². The number of likely N-dealkylation sites (N-methyl/N-ethyl adjacent to an activating group) is 3. The van der Waals surface area contributed by atoms with Crippen LogP contribution in [-0.4, -0.2) is 74.8 Å². The summed E-state index contributed by atoms with van der Waals surface area (Å²) in [5, 5.41) is 0. The minimum absolute atomic E-state index is 0.000874. The number of carbonyl (C=O) groups is 2. The van der Waals surface area contributed by atoms with Gasteiger partial charge < -0.3 is 9.80 Å². The second-order valence-electron chi connectivity index (χ2n) is 3.75. The van der Waals surface area contributed by atoms with Crippen molar-refractivity contribution in [2.45, 2.75) is 0 Å². The predicted octanol–water partition coefficient (Wildman–Crippen LogP) is -0.905. The molecule has 0 saturated heterocycles. The van der Waals surface area contributed by atoms with Crippen molar-refractivity contribution in [2.75, 3.05) is 48.3 Å². The summed E-state index contributed by atoms with van der Waals surface area (Å²) in [6, 6.07) is 0. The lowest BCUT2D eigenvalue weighted by molar-refractivity contribution is -0.132. The SMILES string of the molecule is CN(CC(=O)N(C)C)CC(=O)N(C)C. The Morgan fingerprint density at radius 3 is 1.29 bits per heavy atom. The van der Waals surface area contributed by atoms with Gasteiger partial charge in [0.15, 0.2) is 0 Å². The number of nitrogens with zero attached hydrogens (tertiary/aromatic N) is 3. The smallest absolute Gasteiger partial charge is 0.236 e. The molecular weight excluding hydrogens is 182 g/mol. The van der Waals surface area contributed by atoms with Crippen molar-refractivity contribution in [1.29, 1.82) is 0 Å².